The molecule has 0 radical (unpaired) electrons. The maximum absolute atomic E-state index is 10.3. The third kappa shape index (κ3) is 4.52. The van der Waals surface area contributed by atoms with Crippen molar-refractivity contribution in [2.75, 3.05) is 6.54 Å². The van der Waals surface area contributed by atoms with Crippen molar-refractivity contribution in [3.8, 4) is 0 Å². The van der Waals surface area contributed by atoms with Crippen LogP contribution in [-0.4, -0.2) is 34.5 Å². The molecule has 1 saturated heterocycles. The standard InChI is InChI=1S/C15H31NO2/c1-11(2)8-15(7,17)10-16-12-9-13(3,4)18-14(12,5)6/h11-12,16-17H,8-10H2,1-7H3. The van der Waals surface area contributed by atoms with Crippen molar-refractivity contribution in [2.24, 2.45) is 5.92 Å². The summed E-state index contributed by atoms with van der Waals surface area (Å²) >= 11 is 0. The Bertz CT molecular complexity index is 282. The van der Waals surface area contributed by atoms with Crippen molar-refractivity contribution in [2.45, 2.75) is 84.2 Å². The highest BCUT2D eigenvalue weighted by Crippen LogP contribution is 2.37. The lowest BCUT2D eigenvalue weighted by Crippen LogP contribution is -2.49. The van der Waals surface area contributed by atoms with Crippen molar-refractivity contribution in [1.82, 2.24) is 5.32 Å². The SMILES string of the molecule is CC(C)CC(C)(O)CNC1CC(C)(C)OC1(C)C. The molecule has 108 valence electrons. The van der Waals surface area contributed by atoms with Crippen LogP contribution in [0.2, 0.25) is 0 Å². The molecule has 2 unspecified atom stereocenters. The van der Waals surface area contributed by atoms with Crippen LogP contribution in [0.3, 0.4) is 0 Å². The van der Waals surface area contributed by atoms with Crippen LogP contribution < -0.4 is 5.32 Å². The van der Waals surface area contributed by atoms with Gasteiger partial charge < -0.3 is 15.2 Å². The Kier molecular flexibility index (Phi) is 4.52. The first kappa shape index (κ1) is 15.9. The van der Waals surface area contributed by atoms with E-state index in [9.17, 15) is 5.11 Å². The van der Waals surface area contributed by atoms with Crippen molar-refractivity contribution in [3.63, 3.8) is 0 Å². The second kappa shape index (κ2) is 5.10. The molecule has 3 heteroatoms. The van der Waals surface area contributed by atoms with Crippen molar-refractivity contribution < 1.29 is 9.84 Å². The minimum Gasteiger partial charge on any atom is -0.389 e. The number of ether oxygens (including phenoxy) is 1. The summed E-state index contributed by atoms with van der Waals surface area (Å²) in [6, 6.07) is 0.297. The zero-order chi connectivity index (χ0) is 14.2. The van der Waals surface area contributed by atoms with Crippen LogP contribution in [0.5, 0.6) is 0 Å². The van der Waals surface area contributed by atoms with Gasteiger partial charge >= 0.3 is 0 Å². The second-order valence-electron chi connectivity index (χ2n) is 7.70. The maximum Gasteiger partial charge on any atom is 0.0787 e. The predicted octanol–water partition coefficient (Wildman–Crippen LogP) is 2.72. The quantitative estimate of drug-likeness (QED) is 0.795. The summed E-state index contributed by atoms with van der Waals surface area (Å²) < 4.78 is 6.05. The Morgan fingerprint density at radius 1 is 1.33 bits per heavy atom. The number of hydrogen-bond donors (Lipinski definition) is 2. The zero-order valence-corrected chi connectivity index (χ0v) is 13.1. The summed E-state index contributed by atoms with van der Waals surface area (Å²) in [4.78, 5) is 0. The van der Waals surface area contributed by atoms with Gasteiger partial charge in [-0.25, -0.2) is 0 Å². The van der Waals surface area contributed by atoms with E-state index in [1.807, 2.05) is 6.92 Å². The third-order valence-corrected chi connectivity index (χ3v) is 3.65. The van der Waals surface area contributed by atoms with Gasteiger partial charge in [0.15, 0.2) is 0 Å². The van der Waals surface area contributed by atoms with Gasteiger partial charge in [-0.15, -0.1) is 0 Å². The van der Waals surface area contributed by atoms with Crippen LogP contribution in [0.15, 0.2) is 0 Å². The Balaban J connectivity index is 2.53. The highest BCUT2D eigenvalue weighted by atomic mass is 16.5. The molecule has 3 nitrogen and oxygen atoms in total. The van der Waals surface area contributed by atoms with Gasteiger partial charge in [-0.3, -0.25) is 0 Å². The van der Waals surface area contributed by atoms with Crippen LogP contribution in [0, 0.1) is 5.92 Å². The van der Waals surface area contributed by atoms with Crippen molar-refractivity contribution in [1.29, 1.82) is 0 Å². The van der Waals surface area contributed by atoms with E-state index in [4.69, 9.17) is 4.74 Å². The normalized spacial score (nSPS) is 29.5. The smallest absolute Gasteiger partial charge is 0.0787 e. The molecule has 2 atom stereocenters. The first-order chi connectivity index (χ1) is 7.94. The van der Waals surface area contributed by atoms with Crippen LogP contribution >= 0.6 is 0 Å². The zero-order valence-electron chi connectivity index (χ0n) is 13.1. The first-order valence-corrected chi connectivity index (χ1v) is 7.09. The molecule has 1 fully saturated rings. The molecule has 0 aliphatic carbocycles. The average Bonchev–Trinajstić information content (AvgIpc) is 2.28. The molecule has 1 heterocycles. The van der Waals surface area contributed by atoms with Gasteiger partial charge in [-0.05, 0) is 53.4 Å². The molecule has 0 aromatic carbocycles. The molecule has 0 aromatic heterocycles. The molecule has 0 amide bonds. The maximum atomic E-state index is 10.3. The summed E-state index contributed by atoms with van der Waals surface area (Å²) in [6.07, 6.45) is 1.80. The Hall–Kier alpha value is -0.120. The Morgan fingerprint density at radius 3 is 2.28 bits per heavy atom. The lowest BCUT2D eigenvalue weighted by atomic mass is 9.91. The largest absolute Gasteiger partial charge is 0.389 e. The molecule has 18 heavy (non-hydrogen) atoms. The van der Waals surface area contributed by atoms with Gasteiger partial charge in [0.05, 0.1) is 16.8 Å². The van der Waals surface area contributed by atoms with Gasteiger partial charge in [-0.2, -0.15) is 0 Å². The summed E-state index contributed by atoms with van der Waals surface area (Å²) in [5.41, 5.74) is -0.889. The lowest BCUT2D eigenvalue weighted by Gasteiger charge is -2.32. The monoisotopic (exact) mass is 257 g/mol. The first-order valence-electron chi connectivity index (χ1n) is 7.09. The molecule has 2 N–H and O–H groups in total. The van der Waals surface area contributed by atoms with E-state index in [-0.39, 0.29) is 11.2 Å². The van der Waals surface area contributed by atoms with E-state index in [1.165, 1.54) is 0 Å². The topological polar surface area (TPSA) is 41.5 Å². The van der Waals surface area contributed by atoms with Gasteiger partial charge in [0.1, 0.15) is 0 Å². The van der Waals surface area contributed by atoms with E-state index in [2.05, 4.69) is 46.9 Å². The van der Waals surface area contributed by atoms with Crippen LogP contribution in [0.1, 0.15) is 61.3 Å². The summed E-state index contributed by atoms with van der Waals surface area (Å²) in [7, 11) is 0. The molecule has 1 rings (SSSR count). The van der Waals surface area contributed by atoms with E-state index in [0.29, 0.717) is 18.5 Å². The minimum absolute atomic E-state index is 0.0783. The number of hydrogen-bond acceptors (Lipinski definition) is 3. The fourth-order valence-corrected chi connectivity index (χ4v) is 3.17. The lowest BCUT2D eigenvalue weighted by molar-refractivity contribution is -0.0712. The van der Waals surface area contributed by atoms with Gasteiger partial charge in [0.25, 0.3) is 0 Å². The number of aliphatic hydroxyl groups is 1. The highest BCUT2D eigenvalue weighted by Gasteiger charge is 2.46. The van der Waals surface area contributed by atoms with Crippen molar-refractivity contribution >= 4 is 0 Å². The molecule has 0 spiro atoms. The number of rotatable bonds is 5. The summed E-state index contributed by atoms with van der Waals surface area (Å²) in [6.45, 7) is 15.3. The Labute approximate surface area is 112 Å². The highest BCUT2D eigenvalue weighted by molar-refractivity contribution is 4.99. The average molecular weight is 257 g/mol. The van der Waals surface area contributed by atoms with Crippen LogP contribution in [0.25, 0.3) is 0 Å². The molecule has 0 saturated carbocycles. The second-order valence-corrected chi connectivity index (χ2v) is 7.70. The van der Waals surface area contributed by atoms with Gasteiger partial charge in [0, 0.05) is 12.6 Å². The van der Waals surface area contributed by atoms with E-state index < -0.39 is 5.60 Å². The van der Waals surface area contributed by atoms with Crippen LogP contribution in [-0.2, 0) is 4.74 Å². The fraction of sp³-hybridized carbons (Fsp3) is 1.00. The van der Waals surface area contributed by atoms with E-state index in [0.717, 1.165) is 12.8 Å². The molecular weight excluding hydrogens is 226 g/mol. The Morgan fingerprint density at radius 2 is 1.89 bits per heavy atom. The summed E-state index contributed by atoms with van der Waals surface area (Å²) in [5, 5.41) is 13.8. The molecule has 0 bridgehead atoms. The third-order valence-electron chi connectivity index (χ3n) is 3.65. The molecule has 1 aliphatic heterocycles. The fourth-order valence-electron chi connectivity index (χ4n) is 3.17. The van der Waals surface area contributed by atoms with Gasteiger partial charge in [-0.1, -0.05) is 13.8 Å². The van der Waals surface area contributed by atoms with Crippen molar-refractivity contribution in [3.05, 3.63) is 0 Å². The van der Waals surface area contributed by atoms with E-state index >= 15 is 0 Å². The van der Waals surface area contributed by atoms with Gasteiger partial charge in [0.2, 0.25) is 0 Å². The molecule has 1 aliphatic rings. The number of nitrogens with one attached hydrogen (secondary N) is 1. The predicted molar refractivity (Wildman–Crippen MR) is 75.7 cm³/mol. The van der Waals surface area contributed by atoms with E-state index in [1.54, 1.807) is 0 Å². The molecule has 0 aromatic rings. The van der Waals surface area contributed by atoms with Crippen LogP contribution in [0.4, 0.5) is 0 Å². The molecular formula is C15H31NO2. The summed E-state index contributed by atoms with van der Waals surface area (Å²) in [5.74, 6) is 0.506. The minimum atomic E-state index is -0.642.